The molecule has 0 aromatic carbocycles. The fourth-order valence-corrected chi connectivity index (χ4v) is 0.0853. The van der Waals surface area contributed by atoms with Crippen LogP contribution in [0.2, 0.25) is 0 Å². The minimum Gasteiger partial charge on any atom is -0.467 e. The van der Waals surface area contributed by atoms with Crippen molar-refractivity contribution < 1.29 is 18.8 Å². The van der Waals surface area contributed by atoms with Gasteiger partial charge in [0.25, 0.3) is 0 Å². The fourth-order valence-electron chi connectivity index (χ4n) is 0.0853. The molecule has 1 N–H and O–H groups in total. The first-order valence-electron chi connectivity index (χ1n) is 3.24. The van der Waals surface area contributed by atoms with Gasteiger partial charge in [-0.25, -0.2) is 4.79 Å². The van der Waals surface area contributed by atoms with Gasteiger partial charge in [-0.3, -0.25) is 0 Å². The van der Waals surface area contributed by atoms with Gasteiger partial charge >= 0.3 is 5.97 Å². The second-order valence-electron chi connectivity index (χ2n) is 1.10. The minimum atomic E-state index is -2.76. The molecule has 0 aromatic heterocycles. The Morgan fingerprint density at radius 1 is 2.14 bits per heavy atom. The summed E-state index contributed by atoms with van der Waals surface area (Å²) in [6, 6.07) is 0. The van der Waals surface area contributed by atoms with E-state index in [0.717, 1.165) is 6.92 Å². The number of aliphatic hydroxyl groups is 1. The second kappa shape index (κ2) is 2.58. The topological polar surface area (TPSA) is 46.5 Å². The van der Waals surface area contributed by atoms with Crippen LogP contribution in [0.25, 0.3) is 0 Å². The van der Waals surface area contributed by atoms with E-state index in [1.54, 1.807) is 0 Å². The van der Waals surface area contributed by atoms with E-state index in [2.05, 4.69) is 4.74 Å². The van der Waals surface area contributed by atoms with Crippen LogP contribution in [0.4, 0.5) is 0 Å². The summed E-state index contributed by atoms with van der Waals surface area (Å²) in [7, 11) is -2.76. The highest BCUT2D eigenvalue weighted by Crippen LogP contribution is 1.80. The summed E-state index contributed by atoms with van der Waals surface area (Å²) >= 11 is 0. The summed E-state index contributed by atoms with van der Waals surface area (Å²) in [5, 5.41) is 8.46. The molecule has 0 aliphatic rings. The highest BCUT2D eigenvalue weighted by atomic mass is 16.5. The third kappa shape index (κ3) is 2.17. The van der Waals surface area contributed by atoms with Gasteiger partial charge in [-0.2, -0.15) is 0 Å². The SMILES string of the molecule is [2H]C([2H])([2H])OC(=O)[C@H](C)O. The molecular formula is C4H8O3. The van der Waals surface area contributed by atoms with E-state index in [1.807, 2.05) is 0 Å². The Hall–Kier alpha value is -0.570. The molecule has 0 spiro atoms. The molecule has 0 rings (SSSR count). The largest absolute Gasteiger partial charge is 0.467 e. The van der Waals surface area contributed by atoms with Crippen LogP contribution >= 0.6 is 0 Å². The lowest BCUT2D eigenvalue weighted by Gasteiger charge is -1.97. The average molecular weight is 107 g/mol. The number of rotatable bonds is 1. The maximum absolute atomic E-state index is 10.3. The second-order valence-corrected chi connectivity index (χ2v) is 1.10. The van der Waals surface area contributed by atoms with E-state index in [-0.39, 0.29) is 0 Å². The third-order valence-corrected chi connectivity index (χ3v) is 0.442. The molecule has 0 aliphatic carbocycles. The third-order valence-electron chi connectivity index (χ3n) is 0.442. The highest BCUT2D eigenvalue weighted by molar-refractivity contribution is 5.73. The molecule has 0 saturated carbocycles. The van der Waals surface area contributed by atoms with Gasteiger partial charge in [-0.15, -0.1) is 0 Å². The van der Waals surface area contributed by atoms with E-state index in [9.17, 15) is 4.79 Å². The van der Waals surface area contributed by atoms with Crippen LogP contribution in [0.5, 0.6) is 0 Å². The number of hydrogen-bond acceptors (Lipinski definition) is 3. The van der Waals surface area contributed by atoms with Gasteiger partial charge in [0.05, 0.1) is 11.2 Å². The summed E-state index contributed by atoms with van der Waals surface area (Å²) in [6.45, 7) is 1.13. The number of hydrogen-bond donors (Lipinski definition) is 1. The maximum atomic E-state index is 10.3. The molecule has 0 heterocycles. The van der Waals surface area contributed by atoms with Gasteiger partial charge in [0.15, 0.2) is 0 Å². The maximum Gasteiger partial charge on any atom is 0.334 e. The molecule has 0 fully saturated rings. The monoisotopic (exact) mass is 107 g/mol. The average Bonchev–Trinajstić information content (AvgIpc) is 1.60. The zero-order valence-electron chi connectivity index (χ0n) is 6.84. The number of ether oxygens (including phenoxy) is 1. The first-order valence-corrected chi connectivity index (χ1v) is 1.74. The predicted molar refractivity (Wildman–Crippen MR) is 23.7 cm³/mol. The normalized spacial score (nSPS) is 21.1. The molecule has 0 aromatic rings. The zero-order chi connectivity index (χ0) is 8.36. The lowest BCUT2D eigenvalue weighted by Crippen LogP contribution is -2.16. The van der Waals surface area contributed by atoms with Crippen LogP contribution < -0.4 is 0 Å². The lowest BCUT2D eigenvalue weighted by atomic mass is 10.4. The van der Waals surface area contributed by atoms with Gasteiger partial charge in [0.2, 0.25) is 0 Å². The van der Waals surface area contributed by atoms with Gasteiger partial charge in [-0.05, 0) is 6.92 Å². The van der Waals surface area contributed by atoms with Crippen molar-refractivity contribution in [2.75, 3.05) is 7.04 Å². The number of aliphatic hydroxyl groups excluding tert-OH is 1. The molecule has 3 heteroatoms. The molecule has 3 nitrogen and oxygen atoms in total. The van der Waals surface area contributed by atoms with Crippen LogP contribution in [-0.4, -0.2) is 24.2 Å². The van der Waals surface area contributed by atoms with Gasteiger partial charge < -0.3 is 9.84 Å². The molecule has 0 aliphatic heterocycles. The number of methoxy groups -OCH3 is 1. The zero-order valence-corrected chi connectivity index (χ0v) is 3.84. The van der Waals surface area contributed by atoms with Crippen molar-refractivity contribution in [2.45, 2.75) is 13.0 Å². The molecule has 0 bridgehead atoms. The number of carbonyl (C=O) groups is 1. The Morgan fingerprint density at radius 3 is 2.86 bits per heavy atom. The van der Waals surface area contributed by atoms with Crippen molar-refractivity contribution in [2.24, 2.45) is 0 Å². The van der Waals surface area contributed by atoms with Crippen LogP contribution in [0.3, 0.4) is 0 Å². The van der Waals surface area contributed by atoms with Crippen molar-refractivity contribution in [1.82, 2.24) is 0 Å². The van der Waals surface area contributed by atoms with E-state index < -0.39 is 19.1 Å². The van der Waals surface area contributed by atoms with Crippen molar-refractivity contribution in [1.29, 1.82) is 0 Å². The molecule has 7 heavy (non-hydrogen) atoms. The van der Waals surface area contributed by atoms with E-state index >= 15 is 0 Å². The van der Waals surface area contributed by atoms with Crippen LogP contribution in [-0.2, 0) is 9.53 Å². The Labute approximate surface area is 46.1 Å². The minimum absolute atomic E-state index is 1.13. The molecule has 1 atom stereocenters. The van der Waals surface area contributed by atoms with E-state index in [1.165, 1.54) is 0 Å². The van der Waals surface area contributed by atoms with Crippen LogP contribution in [0, 0.1) is 0 Å². The summed E-state index contributed by atoms with van der Waals surface area (Å²) in [5.41, 5.74) is 0. The highest BCUT2D eigenvalue weighted by Gasteiger charge is 2.05. The van der Waals surface area contributed by atoms with Crippen molar-refractivity contribution in [3.8, 4) is 0 Å². The Kier molecular flexibility index (Phi) is 0.982. The van der Waals surface area contributed by atoms with Gasteiger partial charge in [0, 0.05) is 0 Å². The van der Waals surface area contributed by atoms with Crippen molar-refractivity contribution >= 4 is 5.97 Å². The smallest absolute Gasteiger partial charge is 0.334 e. The Balaban J connectivity index is 3.81. The van der Waals surface area contributed by atoms with Crippen molar-refractivity contribution in [3.05, 3.63) is 0 Å². The molecule has 0 unspecified atom stereocenters. The Morgan fingerprint density at radius 2 is 2.71 bits per heavy atom. The van der Waals surface area contributed by atoms with Gasteiger partial charge in [-0.1, -0.05) is 0 Å². The van der Waals surface area contributed by atoms with Crippen LogP contribution in [0.1, 0.15) is 11.0 Å². The quantitative estimate of drug-likeness (QED) is 0.461. The summed E-state index contributed by atoms with van der Waals surface area (Å²) in [5.74, 6) is -1.14. The Bertz CT molecular complexity index is 128. The summed E-state index contributed by atoms with van der Waals surface area (Å²) in [6.07, 6.45) is -1.39. The molecule has 0 saturated heterocycles. The summed E-state index contributed by atoms with van der Waals surface area (Å²) < 4.78 is 23.1. The lowest BCUT2D eigenvalue weighted by molar-refractivity contribution is -0.149. The standard InChI is InChI=1S/C4H8O3/c1-3(5)4(6)7-2/h3,5H,1-2H3/t3-/m0/s1/i2D3. The molecule has 0 amide bonds. The molecule has 42 valence electrons. The van der Waals surface area contributed by atoms with Crippen LogP contribution in [0.15, 0.2) is 0 Å². The first kappa shape index (κ1) is 2.67. The predicted octanol–water partition coefficient (Wildman–Crippen LogP) is -0.460. The van der Waals surface area contributed by atoms with E-state index in [0.29, 0.717) is 0 Å². The van der Waals surface area contributed by atoms with Gasteiger partial charge in [0.1, 0.15) is 6.10 Å². The number of carbonyl (C=O) groups excluding carboxylic acids is 1. The fraction of sp³-hybridized carbons (Fsp3) is 0.750. The first-order chi connectivity index (χ1) is 4.33. The summed E-state index contributed by atoms with van der Waals surface area (Å²) in [4.78, 5) is 10.3. The van der Waals surface area contributed by atoms with E-state index in [4.69, 9.17) is 9.22 Å². The molecular weight excluding hydrogens is 96.0 g/mol. The molecule has 0 radical (unpaired) electrons. The number of esters is 1. The van der Waals surface area contributed by atoms with Crippen molar-refractivity contribution in [3.63, 3.8) is 0 Å².